The van der Waals surface area contributed by atoms with Crippen LogP contribution in [0, 0.1) is 0 Å². The molecule has 0 fully saturated rings. The van der Waals surface area contributed by atoms with Gasteiger partial charge in [-0.05, 0) is 32.5 Å². The molecule has 0 aromatic carbocycles. The van der Waals surface area contributed by atoms with Crippen molar-refractivity contribution < 1.29 is 4.52 Å². The Hall–Kier alpha value is -0.680. The molecule has 2 aromatic rings. The second kappa shape index (κ2) is 3.37. The molecule has 0 spiro atoms. The normalized spacial score (nSPS) is 10.4. The smallest absolute Gasteiger partial charge is 0.238 e. The molecule has 0 N–H and O–H groups in total. The van der Waals surface area contributed by atoms with Gasteiger partial charge in [0.25, 0.3) is 0 Å². The number of nitrogens with zero attached hydrogens (tertiary/aromatic N) is 2. The standard InChI is InChI=1S/C7H5BrN2OS/c8-7-9-6(11-10-7)4-5-2-1-3-12-5/h1-3H,4H2. The van der Waals surface area contributed by atoms with Gasteiger partial charge in [-0.25, -0.2) is 0 Å². The summed E-state index contributed by atoms with van der Waals surface area (Å²) >= 11 is 4.81. The van der Waals surface area contributed by atoms with E-state index in [2.05, 4.69) is 26.1 Å². The van der Waals surface area contributed by atoms with Crippen molar-refractivity contribution in [3.63, 3.8) is 0 Å². The second-order valence-corrected chi connectivity index (χ2v) is 3.95. The van der Waals surface area contributed by atoms with Gasteiger partial charge < -0.3 is 4.52 Å². The van der Waals surface area contributed by atoms with Crippen molar-refractivity contribution in [2.75, 3.05) is 0 Å². The monoisotopic (exact) mass is 244 g/mol. The Morgan fingerprint density at radius 2 is 2.50 bits per heavy atom. The lowest BCUT2D eigenvalue weighted by Crippen LogP contribution is -1.82. The van der Waals surface area contributed by atoms with Crippen LogP contribution in [0.1, 0.15) is 10.8 Å². The zero-order valence-corrected chi connectivity index (χ0v) is 8.43. The van der Waals surface area contributed by atoms with E-state index in [0.29, 0.717) is 10.6 Å². The molecule has 2 heterocycles. The second-order valence-electron chi connectivity index (χ2n) is 2.21. The summed E-state index contributed by atoms with van der Waals surface area (Å²) in [5, 5.41) is 5.66. The highest BCUT2D eigenvalue weighted by atomic mass is 79.9. The molecule has 0 saturated heterocycles. The number of aromatic nitrogens is 2. The van der Waals surface area contributed by atoms with Gasteiger partial charge in [0.15, 0.2) is 0 Å². The van der Waals surface area contributed by atoms with Crippen LogP contribution in [0.2, 0.25) is 0 Å². The molecular formula is C7H5BrN2OS. The van der Waals surface area contributed by atoms with Gasteiger partial charge in [0.2, 0.25) is 10.6 Å². The molecule has 5 heteroatoms. The van der Waals surface area contributed by atoms with Crippen LogP contribution in [0.4, 0.5) is 0 Å². The Labute approximate surface area is 81.5 Å². The maximum atomic E-state index is 4.94. The molecule has 2 rings (SSSR count). The van der Waals surface area contributed by atoms with E-state index in [9.17, 15) is 0 Å². The van der Waals surface area contributed by atoms with Crippen LogP contribution >= 0.6 is 27.3 Å². The first kappa shape index (κ1) is 7.94. The molecule has 0 radical (unpaired) electrons. The number of halogens is 1. The first-order chi connectivity index (χ1) is 5.84. The highest BCUT2D eigenvalue weighted by molar-refractivity contribution is 9.10. The molecule has 3 nitrogen and oxygen atoms in total. The molecule has 0 saturated carbocycles. The Kier molecular flexibility index (Phi) is 2.23. The van der Waals surface area contributed by atoms with Gasteiger partial charge >= 0.3 is 0 Å². The van der Waals surface area contributed by atoms with Gasteiger partial charge in [-0.15, -0.1) is 11.3 Å². The SMILES string of the molecule is Brc1noc(Cc2cccs2)n1. The zero-order chi connectivity index (χ0) is 8.39. The molecule has 0 aliphatic carbocycles. The van der Waals surface area contributed by atoms with Gasteiger partial charge in [-0.3, -0.25) is 0 Å². The summed E-state index contributed by atoms with van der Waals surface area (Å²) in [6.07, 6.45) is 0.719. The Morgan fingerprint density at radius 3 is 3.08 bits per heavy atom. The van der Waals surface area contributed by atoms with Crippen LogP contribution in [-0.4, -0.2) is 10.1 Å². The minimum absolute atomic E-state index is 0.508. The summed E-state index contributed by atoms with van der Waals surface area (Å²) in [6, 6.07) is 4.05. The fraction of sp³-hybridized carbons (Fsp3) is 0.143. The first-order valence-electron chi connectivity index (χ1n) is 3.35. The summed E-state index contributed by atoms with van der Waals surface area (Å²) in [6.45, 7) is 0. The molecule has 12 heavy (non-hydrogen) atoms. The quantitative estimate of drug-likeness (QED) is 0.815. The molecule has 0 atom stereocenters. The van der Waals surface area contributed by atoms with Crippen molar-refractivity contribution in [2.45, 2.75) is 6.42 Å². The van der Waals surface area contributed by atoms with Gasteiger partial charge in [-0.2, -0.15) is 4.98 Å². The first-order valence-corrected chi connectivity index (χ1v) is 5.02. The van der Waals surface area contributed by atoms with Crippen LogP contribution in [0.25, 0.3) is 0 Å². The molecule has 0 bridgehead atoms. The van der Waals surface area contributed by atoms with Gasteiger partial charge in [0, 0.05) is 4.88 Å². The van der Waals surface area contributed by atoms with E-state index in [4.69, 9.17) is 4.52 Å². The average Bonchev–Trinajstić information content (AvgIpc) is 2.63. The van der Waals surface area contributed by atoms with Crippen LogP contribution < -0.4 is 0 Å². The topological polar surface area (TPSA) is 38.9 Å². The molecule has 0 aliphatic heterocycles. The minimum Gasteiger partial charge on any atom is -0.338 e. The van der Waals surface area contributed by atoms with E-state index in [1.807, 2.05) is 17.5 Å². The molecule has 62 valence electrons. The van der Waals surface area contributed by atoms with Gasteiger partial charge in [0.1, 0.15) is 0 Å². The lowest BCUT2D eigenvalue weighted by Gasteiger charge is -1.86. The molecule has 0 amide bonds. The number of thiophene rings is 1. The maximum Gasteiger partial charge on any atom is 0.238 e. The van der Waals surface area contributed by atoms with E-state index < -0.39 is 0 Å². The lowest BCUT2D eigenvalue weighted by atomic mass is 10.3. The van der Waals surface area contributed by atoms with E-state index in [-0.39, 0.29) is 0 Å². The highest BCUT2D eigenvalue weighted by Gasteiger charge is 2.04. The van der Waals surface area contributed by atoms with Crippen LogP contribution in [0.5, 0.6) is 0 Å². The minimum atomic E-state index is 0.508. The fourth-order valence-corrected chi connectivity index (χ4v) is 1.83. The summed E-state index contributed by atoms with van der Waals surface area (Å²) in [7, 11) is 0. The molecule has 0 unspecified atom stereocenters. The van der Waals surface area contributed by atoms with E-state index in [1.54, 1.807) is 11.3 Å². The number of hydrogen-bond donors (Lipinski definition) is 0. The van der Waals surface area contributed by atoms with E-state index in [0.717, 1.165) is 6.42 Å². The summed E-state index contributed by atoms with van der Waals surface area (Å²) in [5.41, 5.74) is 0. The highest BCUT2D eigenvalue weighted by Crippen LogP contribution is 2.14. The van der Waals surface area contributed by atoms with Crippen LogP contribution in [-0.2, 0) is 6.42 Å². The molecule has 0 aliphatic rings. The van der Waals surface area contributed by atoms with Gasteiger partial charge in [0.05, 0.1) is 6.42 Å². The van der Waals surface area contributed by atoms with Crippen molar-refractivity contribution in [3.8, 4) is 0 Å². The van der Waals surface area contributed by atoms with E-state index >= 15 is 0 Å². The lowest BCUT2D eigenvalue weighted by molar-refractivity contribution is 0.382. The molecular weight excluding hydrogens is 240 g/mol. The number of hydrogen-bond acceptors (Lipinski definition) is 4. The third kappa shape index (κ3) is 1.73. The van der Waals surface area contributed by atoms with Crippen molar-refractivity contribution in [3.05, 3.63) is 33.0 Å². The number of rotatable bonds is 2. The predicted octanol–water partition coefficient (Wildman–Crippen LogP) is 2.48. The fourth-order valence-electron chi connectivity index (χ4n) is 0.868. The van der Waals surface area contributed by atoms with Crippen molar-refractivity contribution in [1.29, 1.82) is 0 Å². The van der Waals surface area contributed by atoms with Crippen LogP contribution in [0.15, 0.2) is 26.8 Å². The third-order valence-corrected chi connectivity index (χ3v) is 2.55. The van der Waals surface area contributed by atoms with E-state index in [1.165, 1.54) is 4.88 Å². The Balaban J connectivity index is 2.14. The van der Waals surface area contributed by atoms with Crippen molar-refractivity contribution in [1.82, 2.24) is 10.1 Å². The van der Waals surface area contributed by atoms with Crippen LogP contribution in [0.3, 0.4) is 0 Å². The zero-order valence-electron chi connectivity index (χ0n) is 6.03. The average molecular weight is 245 g/mol. The summed E-state index contributed by atoms with van der Waals surface area (Å²) in [5.74, 6) is 0.643. The van der Waals surface area contributed by atoms with Gasteiger partial charge in [-0.1, -0.05) is 6.07 Å². The Bertz CT molecular complexity index is 357. The Morgan fingerprint density at radius 1 is 1.58 bits per heavy atom. The van der Waals surface area contributed by atoms with Crippen molar-refractivity contribution in [2.24, 2.45) is 0 Å². The maximum absolute atomic E-state index is 4.94. The van der Waals surface area contributed by atoms with Crippen molar-refractivity contribution >= 4 is 27.3 Å². The predicted molar refractivity (Wildman–Crippen MR) is 49.1 cm³/mol. The third-order valence-electron chi connectivity index (χ3n) is 1.35. The molecule has 2 aromatic heterocycles. The largest absolute Gasteiger partial charge is 0.338 e. The summed E-state index contributed by atoms with van der Waals surface area (Å²) < 4.78 is 5.44. The summed E-state index contributed by atoms with van der Waals surface area (Å²) in [4.78, 5) is 5.26.